The predicted molar refractivity (Wildman–Crippen MR) is 142 cm³/mol. The first kappa shape index (κ1) is 24.9. The summed E-state index contributed by atoms with van der Waals surface area (Å²) in [6.45, 7) is 2.06. The molecule has 4 rings (SSSR count). The van der Waals surface area contributed by atoms with Gasteiger partial charge in [-0.25, -0.2) is 5.43 Å². The highest BCUT2D eigenvalue weighted by Gasteiger charge is 2.24. The first-order valence-electron chi connectivity index (χ1n) is 11.1. The number of amides is 1. The number of hydrogen-bond acceptors (Lipinski definition) is 6. The summed E-state index contributed by atoms with van der Waals surface area (Å²) >= 11 is 8.02. The maximum Gasteiger partial charge on any atom is 0.250 e. The number of hydrazone groups is 1. The highest BCUT2D eigenvalue weighted by atomic mass is 79.9. The van der Waals surface area contributed by atoms with Crippen molar-refractivity contribution >= 4 is 55.7 Å². The van der Waals surface area contributed by atoms with Crippen LogP contribution in [-0.4, -0.2) is 37.7 Å². The van der Waals surface area contributed by atoms with Gasteiger partial charge >= 0.3 is 0 Å². The van der Waals surface area contributed by atoms with Gasteiger partial charge in [-0.2, -0.15) is 5.10 Å². The van der Waals surface area contributed by atoms with Crippen LogP contribution in [0.4, 0.5) is 0 Å². The van der Waals surface area contributed by atoms with Gasteiger partial charge in [-0.1, -0.05) is 76.8 Å². The number of phenolic OH excluding ortho intramolecular Hbond substituents is 1. The number of benzene rings is 2. The van der Waals surface area contributed by atoms with Crippen LogP contribution in [0.3, 0.4) is 0 Å². The molecule has 2 aromatic carbocycles. The molecule has 1 aliphatic carbocycles. The molecule has 0 radical (unpaired) electrons. The molecule has 0 aliphatic heterocycles. The number of rotatable bonds is 7. The van der Waals surface area contributed by atoms with Gasteiger partial charge in [-0.15, -0.1) is 10.2 Å². The Morgan fingerprint density at radius 2 is 1.94 bits per heavy atom. The number of carbonyl (C=O) groups excluding carboxylic acids is 1. The Morgan fingerprint density at radius 3 is 2.68 bits per heavy atom. The zero-order chi connectivity index (χ0) is 24.1. The molecule has 1 aromatic heterocycles. The van der Waals surface area contributed by atoms with Crippen LogP contribution in [-0.2, 0) is 4.79 Å². The number of halogens is 2. The summed E-state index contributed by atoms with van der Waals surface area (Å²) < 4.78 is 3.53. The van der Waals surface area contributed by atoms with Gasteiger partial charge in [0.1, 0.15) is 5.75 Å². The van der Waals surface area contributed by atoms with Crippen LogP contribution in [0.25, 0.3) is 11.4 Å². The summed E-state index contributed by atoms with van der Waals surface area (Å²) in [6.07, 6.45) is 7.22. The fourth-order valence-corrected chi connectivity index (χ4v) is 6.02. The van der Waals surface area contributed by atoms with Crippen LogP contribution in [0.1, 0.15) is 49.3 Å². The van der Waals surface area contributed by atoms with E-state index in [2.05, 4.69) is 88.3 Å². The van der Waals surface area contributed by atoms with Crippen LogP contribution in [0.5, 0.6) is 5.75 Å². The van der Waals surface area contributed by atoms with E-state index < -0.39 is 0 Å². The molecule has 3 aromatic rings. The smallest absolute Gasteiger partial charge is 0.250 e. The van der Waals surface area contributed by atoms with Crippen LogP contribution in [0.15, 0.2) is 55.6 Å². The monoisotopic (exact) mass is 605 g/mol. The molecule has 2 N–H and O–H groups in total. The van der Waals surface area contributed by atoms with E-state index >= 15 is 0 Å². The van der Waals surface area contributed by atoms with Crippen LogP contribution in [0.2, 0.25) is 0 Å². The molecule has 178 valence electrons. The normalized spacial score (nSPS) is 14.6. The average Bonchev–Trinajstić information content (AvgIpc) is 3.25. The van der Waals surface area contributed by atoms with E-state index in [4.69, 9.17) is 0 Å². The number of carbonyl (C=O) groups is 1. The molecule has 1 heterocycles. The molecule has 1 amide bonds. The summed E-state index contributed by atoms with van der Waals surface area (Å²) in [7, 11) is 0. The van der Waals surface area contributed by atoms with E-state index in [-0.39, 0.29) is 17.4 Å². The average molecular weight is 607 g/mol. The molecule has 0 unspecified atom stereocenters. The fraction of sp³-hybridized carbons (Fsp3) is 0.333. The lowest BCUT2D eigenvalue weighted by Gasteiger charge is -2.25. The summed E-state index contributed by atoms with van der Waals surface area (Å²) in [4.78, 5) is 12.4. The highest BCUT2D eigenvalue weighted by molar-refractivity contribution is 9.11. The third kappa shape index (κ3) is 6.09. The van der Waals surface area contributed by atoms with Gasteiger partial charge in [0.25, 0.3) is 5.91 Å². The molecular formula is C24H25Br2N5O2S. The second-order valence-electron chi connectivity index (χ2n) is 8.24. The molecular weight excluding hydrogens is 582 g/mol. The number of aromatic nitrogens is 3. The number of nitrogens with zero attached hydrogens (tertiary/aromatic N) is 4. The van der Waals surface area contributed by atoms with Gasteiger partial charge in [-0.3, -0.25) is 9.36 Å². The summed E-state index contributed by atoms with van der Waals surface area (Å²) in [6, 6.07) is 12.1. The van der Waals surface area contributed by atoms with Gasteiger partial charge in [-0.05, 0) is 47.8 Å². The van der Waals surface area contributed by atoms with Crippen molar-refractivity contribution < 1.29 is 9.90 Å². The number of hydrogen-bond donors (Lipinski definition) is 2. The Kier molecular flexibility index (Phi) is 8.44. The van der Waals surface area contributed by atoms with Crippen LogP contribution in [0, 0.1) is 6.92 Å². The van der Waals surface area contributed by atoms with E-state index in [9.17, 15) is 9.90 Å². The number of nitrogens with one attached hydrogen (secondary N) is 1. The van der Waals surface area contributed by atoms with Gasteiger partial charge in [0.15, 0.2) is 11.0 Å². The first-order valence-corrected chi connectivity index (χ1v) is 13.6. The van der Waals surface area contributed by atoms with Gasteiger partial charge in [0, 0.05) is 21.6 Å². The highest BCUT2D eigenvalue weighted by Crippen LogP contribution is 2.35. The van der Waals surface area contributed by atoms with Crippen LogP contribution < -0.4 is 5.43 Å². The second-order valence-corrected chi connectivity index (χ2v) is 11.0. The Bertz CT molecular complexity index is 1190. The number of thioether (sulfide) groups is 1. The third-order valence-corrected chi connectivity index (χ3v) is 7.70. The van der Waals surface area contributed by atoms with Crippen molar-refractivity contribution in [2.24, 2.45) is 5.10 Å². The Balaban J connectivity index is 1.46. The largest absolute Gasteiger partial charge is 0.506 e. The Hall–Kier alpha value is -2.17. The first-order chi connectivity index (χ1) is 16.4. The lowest BCUT2D eigenvalue weighted by atomic mass is 9.95. The molecule has 0 spiro atoms. The SMILES string of the molecule is Cc1ccc(-c2nnc(SCC(=O)N/N=C/c3cc(Br)cc(Br)c3O)n2C2CCCCC2)cc1. The second kappa shape index (κ2) is 11.5. The van der Waals surface area contributed by atoms with Crippen molar-refractivity contribution in [1.29, 1.82) is 0 Å². The number of aryl methyl sites for hydroxylation is 1. The molecule has 1 saturated carbocycles. The number of phenols is 1. The van der Waals surface area contributed by atoms with Crippen molar-refractivity contribution in [2.45, 2.75) is 50.2 Å². The van der Waals surface area contributed by atoms with E-state index in [1.165, 1.54) is 42.8 Å². The molecule has 10 heteroatoms. The molecule has 1 fully saturated rings. The molecule has 0 saturated heterocycles. The molecule has 7 nitrogen and oxygen atoms in total. The van der Waals surface area contributed by atoms with Crippen molar-refractivity contribution in [3.05, 3.63) is 56.5 Å². The Labute approximate surface area is 219 Å². The zero-order valence-electron chi connectivity index (χ0n) is 18.7. The van der Waals surface area contributed by atoms with E-state index in [0.717, 1.165) is 33.9 Å². The Morgan fingerprint density at radius 1 is 1.21 bits per heavy atom. The zero-order valence-corrected chi connectivity index (χ0v) is 22.7. The van der Waals surface area contributed by atoms with Gasteiger partial charge < -0.3 is 5.11 Å². The lowest BCUT2D eigenvalue weighted by Crippen LogP contribution is -2.20. The maximum absolute atomic E-state index is 12.4. The van der Waals surface area contributed by atoms with E-state index in [1.54, 1.807) is 12.1 Å². The third-order valence-electron chi connectivity index (χ3n) is 5.70. The summed E-state index contributed by atoms with van der Waals surface area (Å²) in [5.74, 6) is 0.803. The minimum atomic E-state index is -0.259. The standard InChI is InChI=1S/C24H25Br2N5O2S/c1-15-7-9-16(10-8-15)23-29-30-24(31(23)19-5-3-2-4-6-19)34-14-21(32)28-27-13-17-11-18(25)12-20(26)22(17)33/h7-13,19,33H,2-6,14H2,1H3,(H,28,32)/b27-13+. The quantitative estimate of drug-likeness (QED) is 0.189. The van der Waals surface area contributed by atoms with Crippen molar-refractivity contribution in [3.8, 4) is 17.1 Å². The summed E-state index contributed by atoms with van der Waals surface area (Å²) in [5, 5.41) is 23.8. The molecule has 34 heavy (non-hydrogen) atoms. The van der Waals surface area contributed by atoms with Crippen molar-refractivity contribution in [2.75, 3.05) is 5.75 Å². The van der Waals surface area contributed by atoms with Gasteiger partial charge in [0.05, 0.1) is 16.4 Å². The lowest BCUT2D eigenvalue weighted by molar-refractivity contribution is -0.118. The van der Waals surface area contributed by atoms with Crippen molar-refractivity contribution in [3.63, 3.8) is 0 Å². The topological polar surface area (TPSA) is 92.4 Å². The van der Waals surface area contributed by atoms with Gasteiger partial charge in [0.2, 0.25) is 0 Å². The predicted octanol–water partition coefficient (Wildman–Crippen LogP) is 6.23. The van der Waals surface area contributed by atoms with E-state index in [1.807, 2.05) is 0 Å². The maximum atomic E-state index is 12.4. The fourth-order valence-electron chi connectivity index (χ4n) is 3.96. The van der Waals surface area contributed by atoms with Crippen molar-refractivity contribution in [1.82, 2.24) is 20.2 Å². The minimum Gasteiger partial charge on any atom is -0.506 e. The summed E-state index contributed by atoms with van der Waals surface area (Å²) in [5.41, 5.74) is 5.23. The molecule has 0 atom stereocenters. The van der Waals surface area contributed by atoms with Crippen LogP contribution >= 0.6 is 43.6 Å². The molecule has 1 aliphatic rings. The van der Waals surface area contributed by atoms with E-state index in [0.29, 0.717) is 16.1 Å². The number of aromatic hydroxyl groups is 1. The molecule has 0 bridgehead atoms. The minimum absolute atomic E-state index is 0.0554.